The van der Waals surface area contributed by atoms with Crippen LogP contribution in [0.3, 0.4) is 0 Å². The van der Waals surface area contributed by atoms with Gasteiger partial charge >= 0.3 is 0 Å². The highest BCUT2D eigenvalue weighted by molar-refractivity contribution is 7.99. The number of hydrogen-bond donors (Lipinski definition) is 2. The number of hydrogen-bond acceptors (Lipinski definition) is 6. The molecule has 14 heavy (non-hydrogen) atoms. The molecule has 1 heterocycles. The van der Waals surface area contributed by atoms with Crippen LogP contribution < -0.4 is 5.73 Å². The van der Waals surface area contributed by atoms with Gasteiger partial charge in [-0.15, -0.1) is 0 Å². The summed E-state index contributed by atoms with van der Waals surface area (Å²) < 4.78 is 4.89. The summed E-state index contributed by atoms with van der Waals surface area (Å²) in [7, 11) is 0. The van der Waals surface area contributed by atoms with Crippen molar-refractivity contribution < 1.29 is 9.63 Å². The van der Waals surface area contributed by atoms with Crippen molar-refractivity contribution in [3.63, 3.8) is 0 Å². The lowest BCUT2D eigenvalue weighted by atomic mass is 10.3. The van der Waals surface area contributed by atoms with Gasteiger partial charge in [0.25, 0.3) is 0 Å². The molecule has 1 rings (SSSR count). The van der Waals surface area contributed by atoms with Gasteiger partial charge in [-0.1, -0.05) is 19.0 Å². The first-order chi connectivity index (χ1) is 6.63. The van der Waals surface area contributed by atoms with Gasteiger partial charge in [-0.05, 0) is 5.25 Å². The molecule has 1 atom stereocenters. The maximum absolute atomic E-state index is 8.76. The van der Waals surface area contributed by atoms with E-state index in [1.807, 2.05) is 0 Å². The lowest BCUT2D eigenvalue weighted by Gasteiger charge is -2.00. The monoisotopic (exact) mass is 217 g/mol. The number of aromatic nitrogens is 2. The summed E-state index contributed by atoms with van der Waals surface area (Å²) in [6, 6.07) is -0.569. The molecular formula is C8H15N3O2S. The van der Waals surface area contributed by atoms with Crippen molar-refractivity contribution in [2.45, 2.75) is 30.9 Å². The Kier molecular flexibility index (Phi) is 4.37. The minimum atomic E-state index is -0.569. The van der Waals surface area contributed by atoms with E-state index in [-0.39, 0.29) is 6.61 Å². The highest BCUT2D eigenvalue weighted by Gasteiger charge is 2.13. The molecule has 0 fully saturated rings. The van der Waals surface area contributed by atoms with Gasteiger partial charge in [0, 0.05) is 0 Å². The second kappa shape index (κ2) is 5.33. The van der Waals surface area contributed by atoms with Crippen LogP contribution in [-0.4, -0.2) is 27.1 Å². The molecule has 6 heteroatoms. The summed E-state index contributed by atoms with van der Waals surface area (Å²) in [6.45, 7) is 4.02. The van der Waals surface area contributed by atoms with Crippen molar-refractivity contribution in [1.29, 1.82) is 0 Å². The van der Waals surface area contributed by atoms with Crippen molar-refractivity contribution >= 4 is 11.8 Å². The zero-order valence-corrected chi connectivity index (χ0v) is 9.12. The third-order valence-electron chi connectivity index (χ3n) is 1.54. The lowest BCUT2D eigenvalue weighted by Crippen LogP contribution is -2.14. The topological polar surface area (TPSA) is 85.2 Å². The highest BCUT2D eigenvalue weighted by atomic mass is 32.2. The molecule has 0 unspecified atom stereocenters. The van der Waals surface area contributed by atoms with Crippen molar-refractivity contribution in [2.75, 3.05) is 6.61 Å². The van der Waals surface area contributed by atoms with Crippen LogP contribution in [0.25, 0.3) is 0 Å². The van der Waals surface area contributed by atoms with E-state index in [4.69, 9.17) is 15.4 Å². The Hall–Kier alpha value is -0.590. The third kappa shape index (κ3) is 3.28. The van der Waals surface area contributed by atoms with Crippen LogP contribution in [0.2, 0.25) is 0 Å². The average molecular weight is 217 g/mol. The number of nitrogens with two attached hydrogens (primary N) is 1. The van der Waals surface area contributed by atoms with Gasteiger partial charge in [-0.25, -0.2) is 0 Å². The summed E-state index contributed by atoms with van der Waals surface area (Å²) in [5.41, 5.74) is 5.51. The first-order valence-corrected chi connectivity index (χ1v) is 5.49. The summed E-state index contributed by atoms with van der Waals surface area (Å²) in [4.78, 5) is 4.07. The molecule has 5 nitrogen and oxygen atoms in total. The fourth-order valence-electron chi connectivity index (χ4n) is 0.796. The van der Waals surface area contributed by atoms with E-state index >= 15 is 0 Å². The standard InChI is InChI=1S/C8H15N3O2S/c1-5(2)14-4-7-10-8(13-11-7)6(9)3-12/h5-6,12H,3-4,9H2,1-2H3/t6-/m1/s1. The Labute approximate surface area is 87.1 Å². The second-order valence-electron chi connectivity index (χ2n) is 3.20. The number of nitrogens with zero attached hydrogens (tertiary/aromatic N) is 2. The normalized spacial score (nSPS) is 13.5. The maximum atomic E-state index is 8.76. The lowest BCUT2D eigenvalue weighted by molar-refractivity contribution is 0.236. The van der Waals surface area contributed by atoms with E-state index in [1.54, 1.807) is 11.8 Å². The number of thioether (sulfide) groups is 1. The molecular weight excluding hydrogens is 202 g/mol. The summed E-state index contributed by atoms with van der Waals surface area (Å²) in [5, 5.41) is 13.0. The molecule has 0 bridgehead atoms. The van der Waals surface area contributed by atoms with Crippen LogP contribution >= 0.6 is 11.8 Å². The van der Waals surface area contributed by atoms with Gasteiger partial charge in [-0.3, -0.25) is 0 Å². The molecule has 1 aromatic heterocycles. The Morgan fingerprint density at radius 1 is 1.57 bits per heavy atom. The fraction of sp³-hybridized carbons (Fsp3) is 0.750. The number of aliphatic hydroxyl groups excluding tert-OH is 1. The SMILES string of the molecule is CC(C)SCc1noc([C@H](N)CO)n1. The molecule has 0 saturated carbocycles. The van der Waals surface area contributed by atoms with Crippen molar-refractivity contribution in [1.82, 2.24) is 10.1 Å². The van der Waals surface area contributed by atoms with Crippen LogP contribution in [-0.2, 0) is 5.75 Å². The van der Waals surface area contributed by atoms with Gasteiger partial charge in [-0.2, -0.15) is 16.7 Å². The van der Waals surface area contributed by atoms with Crippen LogP contribution in [0.4, 0.5) is 0 Å². The fourth-order valence-corrected chi connectivity index (χ4v) is 1.40. The Morgan fingerprint density at radius 3 is 2.86 bits per heavy atom. The first-order valence-electron chi connectivity index (χ1n) is 4.44. The molecule has 0 aliphatic carbocycles. The van der Waals surface area contributed by atoms with E-state index in [0.29, 0.717) is 22.7 Å². The molecule has 1 aromatic rings. The predicted octanol–water partition coefficient (Wildman–Crippen LogP) is 0.703. The minimum absolute atomic E-state index is 0.182. The Morgan fingerprint density at radius 2 is 2.29 bits per heavy atom. The summed E-state index contributed by atoms with van der Waals surface area (Å²) in [5.74, 6) is 1.63. The van der Waals surface area contributed by atoms with Crippen LogP contribution in [0.5, 0.6) is 0 Å². The van der Waals surface area contributed by atoms with Crippen LogP contribution in [0, 0.1) is 0 Å². The maximum Gasteiger partial charge on any atom is 0.245 e. The molecule has 0 aliphatic rings. The quantitative estimate of drug-likeness (QED) is 0.755. The van der Waals surface area contributed by atoms with Crippen LogP contribution in [0.1, 0.15) is 31.6 Å². The second-order valence-corrected chi connectivity index (χ2v) is 4.76. The Bertz CT molecular complexity index is 277. The largest absolute Gasteiger partial charge is 0.394 e. The van der Waals surface area contributed by atoms with Crippen molar-refractivity contribution in [2.24, 2.45) is 5.73 Å². The first kappa shape index (κ1) is 11.5. The summed E-state index contributed by atoms with van der Waals surface area (Å²) in [6.07, 6.45) is 0. The third-order valence-corrected chi connectivity index (χ3v) is 2.63. The molecule has 80 valence electrons. The van der Waals surface area contributed by atoms with Gasteiger partial charge < -0.3 is 15.4 Å². The molecule has 0 spiro atoms. The number of aliphatic hydroxyl groups is 1. The van der Waals surface area contributed by atoms with E-state index in [9.17, 15) is 0 Å². The van der Waals surface area contributed by atoms with Gasteiger partial charge in [0.1, 0.15) is 6.04 Å². The van der Waals surface area contributed by atoms with E-state index in [0.717, 1.165) is 0 Å². The number of rotatable bonds is 5. The van der Waals surface area contributed by atoms with Gasteiger partial charge in [0.15, 0.2) is 5.82 Å². The molecule has 0 aliphatic heterocycles. The van der Waals surface area contributed by atoms with Gasteiger partial charge in [0.2, 0.25) is 5.89 Å². The van der Waals surface area contributed by atoms with Crippen molar-refractivity contribution in [3.05, 3.63) is 11.7 Å². The molecule has 0 amide bonds. The van der Waals surface area contributed by atoms with E-state index in [1.165, 1.54) is 0 Å². The zero-order chi connectivity index (χ0) is 10.6. The molecule has 0 saturated heterocycles. The van der Waals surface area contributed by atoms with E-state index < -0.39 is 6.04 Å². The van der Waals surface area contributed by atoms with Crippen molar-refractivity contribution in [3.8, 4) is 0 Å². The summed E-state index contributed by atoms with van der Waals surface area (Å²) >= 11 is 1.73. The smallest absolute Gasteiger partial charge is 0.245 e. The Balaban J connectivity index is 2.50. The molecule has 0 aromatic carbocycles. The highest BCUT2D eigenvalue weighted by Crippen LogP contribution is 2.16. The average Bonchev–Trinajstić information content (AvgIpc) is 2.62. The molecule has 3 N–H and O–H groups in total. The minimum Gasteiger partial charge on any atom is -0.394 e. The zero-order valence-electron chi connectivity index (χ0n) is 8.30. The van der Waals surface area contributed by atoms with E-state index in [2.05, 4.69) is 24.0 Å². The van der Waals surface area contributed by atoms with Gasteiger partial charge in [0.05, 0.1) is 12.4 Å². The molecule has 0 radical (unpaired) electrons. The predicted molar refractivity (Wildman–Crippen MR) is 54.7 cm³/mol. The van der Waals surface area contributed by atoms with Crippen LogP contribution in [0.15, 0.2) is 4.52 Å².